The Morgan fingerprint density at radius 3 is 2.73 bits per heavy atom. The largest absolute Gasteiger partial charge is 0.463 e. The lowest BCUT2D eigenvalue weighted by molar-refractivity contribution is -0.126. The number of furan rings is 1. The number of nitrogen functional groups attached to an aromatic ring is 1. The Bertz CT molecular complexity index is 2040. The van der Waals surface area contributed by atoms with Crippen molar-refractivity contribution in [3.05, 3.63) is 82.0 Å². The Morgan fingerprint density at radius 1 is 1.25 bits per heavy atom. The van der Waals surface area contributed by atoms with Crippen molar-refractivity contribution in [1.82, 2.24) is 24.4 Å². The topological polar surface area (TPSA) is 123 Å². The normalized spacial score (nSPS) is 15.5. The van der Waals surface area contributed by atoms with Gasteiger partial charge in [0.2, 0.25) is 5.91 Å². The van der Waals surface area contributed by atoms with E-state index in [2.05, 4.69) is 16.5 Å². The Balaban J connectivity index is 1.73. The van der Waals surface area contributed by atoms with Crippen LogP contribution in [0, 0.1) is 12.7 Å². The van der Waals surface area contributed by atoms with Gasteiger partial charge in [-0.2, -0.15) is 4.98 Å². The molecule has 1 aliphatic rings. The average Bonchev–Trinajstić information content (AvgIpc) is 3.48. The van der Waals surface area contributed by atoms with Crippen molar-refractivity contribution in [1.29, 1.82) is 0 Å². The molecular weight excluding hydrogens is 585 g/mol. The number of aromatic nitrogens is 4. The molecule has 4 aromatic heterocycles. The summed E-state index contributed by atoms with van der Waals surface area (Å²) in [4.78, 5) is 44.5. The molecule has 1 saturated heterocycles. The summed E-state index contributed by atoms with van der Waals surface area (Å²) in [6.07, 6.45) is 4.50. The third kappa shape index (κ3) is 4.68. The van der Waals surface area contributed by atoms with E-state index in [0.29, 0.717) is 58.9 Å². The lowest BCUT2D eigenvalue weighted by Gasteiger charge is -2.40. The van der Waals surface area contributed by atoms with Gasteiger partial charge < -0.3 is 20.0 Å². The number of nitrogens with two attached hydrogens (primary N) is 1. The van der Waals surface area contributed by atoms with E-state index in [-0.39, 0.29) is 39.8 Å². The molecule has 1 fully saturated rings. The van der Waals surface area contributed by atoms with E-state index >= 15 is 0 Å². The number of benzene rings is 1. The van der Waals surface area contributed by atoms with E-state index in [9.17, 15) is 14.0 Å². The number of pyridine rings is 2. The molecule has 1 amide bonds. The van der Waals surface area contributed by atoms with E-state index in [1.54, 1.807) is 23.2 Å². The van der Waals surface area contributed by atoms with E-state index in [1.165, 1.54) is 16.9 Å². The lowest BCUT2D eigenvalue weighted by Crippen LogP contribution is -2.54. The van der Waals surface area contributed by atoms with Crippen LogP contribution in [-0.4, -0.2) is 56.0 Å². The molecule has 2 N–H and O–H groups in total. The zero-order valence-corrected chi connectivity index (χ0v) is 25.5. The molecule has 1 aliphatic heterocycles. The van der Waals surface area contributed by atoms with Crippen LogP contribution in [0.5, 0.6) is 0 Å². The zero-order chi connectivity index (χ0) is 31.4. The first-order valence-corrected chi connectivity index (χ1v) is 14.6. The molecule has 0 unspecified atom stereocenters. The molecule has 44 heavy (non-hydrogen) atoms. The molecule has 12 heteroatoms. The summed E-state index contributed by atoms with van der Waals surface area (Å²) < 4.78 is 22.4. The molecule has 1 aromatic carbocycles. The van der Waals surface area contributed by atoms with Crippen LogP contribution in [0.25, 0.3) is 38.9 Å². The number of halogens is 2. The van der Waals surface area contributed by atoms with Crippen LogP contribution in [0.4, 0.5) is 15.9 Å². The number of amides is 1. The van der Waals surface area contributed by atoms with Gasteiger partial charge in [0.05, 0.1) is 28.4 Å². The molecule has 1 atom stereocenters. The monoisotopic (exact) mass is 615 g/mol. The highest BCUT2D eigenvalue weighted by atomic mass is 35.5. The van der Waals surface area contributed by atoms with Crippen LogP contribution in [0.3, 0.4) is 0 Å². The maximum Gasteiger partial charge on any atom is 0.355 e. The maximum atomic E-state index is 14.9. The van der Waals surface area contributed by atoms with Gasteiger partial charge in [0.25, 0.3) is 0 Å². The summed E-state index contributed by atoms with van der Waals surface area (Å²) in [6, 6.07) is 6.02. The van der Waals surface area contributed by atoms with E-state index in [1.807, 2.05) is 38.7 Å². The minimum atomic E-state index is -0.695. The number of hydrogen-bond donors (Lipinski definition) is 1. The molecule has 0 bridgehead atoms. The van der Waals surface area contributed by atoms with E-state index in [0.717, 1.165) is 11.6 Å². The first kappa shape index (κ1) is 29.3. The highest BCUT2D eigenvalue weighted by Crippen LogP contribution is 2.41. The summed E-state index contributed by atoms with van der Waals surface area (Å²) in [7, 11) is 0. The fourth-order valence-corrected chi connectivity index (χ4v) is 6.15. The minimum Gasteiger partial charge on any atom is -0.463 e. The third-order valence-corrected chi connectivity index (χ3v) is 8.42. The van der Waals surface area contributed by atoms with Crippen molar-refractivity contribution in [2.24, 2.45) is 0 Å². The SMILES string of the molecule is C=CC(=O)N1CCN(c2nc(=O)n(-c3c(C)ccnc3C(C)C)c3nc(-c4cc(N)cc(F)c4Cl)c4ccoc4c23)[C@@H](C)C1. The minimum absolute atomic E-state index is 0.0358. The molecule has 226 valence electrons. The summed E-state index contributed by atoms with van der Waals surface area (Å²) >= 11 is 6.48. The highest BCUT2D eigenvalue weighted by Gasteiger charge is 2.32. The number of hydrogen-bond acceptors (Lipinski definition) is 8. The molecule has 10 nitrogen and oxygen atoms in total. The van der Waals surface area contributed by atoms with Crippen molar-refractivity contribution in [3.63, 3.8) is 0 Å². The average molecular weight is 616 g/mol. The van der Waals surface area contributed by atoms with Gasteiger partial charge in [0.1, 0.15) is 17.0 Å². The molecule has 0 saturated carbocycles. The fourth-order valence-electron chi connectivity index (χ4n) is 5.95. The Kier molecular flexibility index (Phi) is 7.36. The van der Waals surface area contributed by atoms with Gasteiger partial charge >= 0.3 is 5.69 Å². The second kappa shape index (κ2) is 11.1. The Hall–Kier alpha value is -4.77. The number of fused-ring (bicyclic) bond motifs is 3. The Labute approximate surface area is 257 Å². The van der Waals surface area contributed by atoms with Crippen LogP contribution in [0.2, 0.25) is 5.02 Å². The quantitative estimate of drug-likeness (QED) is 0.200. The second-order valence-electron chi connectivity index (χ2n) is 11.3. The number of rotatable bonds is 5. The van der Waals surface area contributed by atoms with Crippen molar-refractivity contribution >= 4 is 51.0 Å². The lowest BCUT2D eigenvalue weighted by atomic mass is 10.0. The highest BCUT2D eigenvalue weighted by molar-refractivity contribution is 6.34. The molecule has 0 radical (unpaired) electrons. The van der Waals surface area contributed by atoms with Gasteiger partial charge in [0.15, 0.2) is 11.2 Å². The van der Waals surface area contributed by atoms with Gasteiger partial charge in [-0.3, -0.25) is 9.78 Å². The maximum absolute atomic E-state index is 14.9. The van der Waals surface area contributed by atoms with E-state index in [4.69, 9.17) is 26.7 Å². The predicted octanol–water partition coefficient (Wildman–Crippen LogP) is 5.62. The predicted molar refractivity (Wildman–Crippen MR) is 170 cm³/mol. The summed E-state index contributed by atoms with van der Waals surface area (Å²) in [5.74, 6) is -0.523. The molecule has 5 aromatic rings. The van der Waals surface area contributed by atoms with Crippen LogP contribution >= 0.6 is 11.6 Å². The second-order valence-corrected chi connectivity index (χ2v) is 11.7. The number of carbonyl (C=O) groups excluding carboxylic acids is 1. The first-order chi connectivity index (χ1) is 21.0. The molecule has 5 heterocycles. The van der Waals surface area contributed by atoms with Gasteiger partial charge in [-0.05, 0) is 55.7 Å². The number of anilines is 2. The van der Waals surface area contributed by atoms with Crippen molar-refractivity contribution in [2.45, 2.75) is 39.7 Å². The summed E-state index contributed by atoms with van der Waals surface area (Å²) in [5, 5.41) is 0.869. The van der Waals surface area contributed by atoms with Crippen LogP contribution in [0.1, 0.15) is 37.9 Å². The van der Waals surface area contributed by atoms with Crippen LogP contribution in [0.15, 0.2) is 58.6 Å². The molecule has 0 spiro atoms. The van der Waals surface area contributed by atoms with Gasteiger partial charge in [-0.1, -0.05) is 32.0 Å². The smallest absolute Gasteiger partial charge is 0.355 e. The van der Waals surface area contributed by atoms with Gasteiger partial charge in [-0.15, -0.1) is 0 Å². The molecular formula is C32H31ClFN7O3. The standard InChI is InChI=1S/C32H31ClFN7O3/c1-6-23(42)39-10-11-40(18(5)15-39)30-24-29-20(8-12-44-29)27(21-13-19(35)14-22(34)25(21)33)37-31(24)41(32(43)38-30)28-17(4)7-9-36-26(28)16(2)3/h6-9,12-14,16,18H,1,10-11,15,35H2,2-5H3/t18-/m0/s1. The first-order valence-electron chi connectivity index (χ1n) is 14.2. The zero-order valence-electron chi connectivity index (χ0n) is 24.8. The number of piperazine rings is 1. The van der Waals surface area contributed by atoms with Gasteiger partial charge in [-0.25, -0.2) is 18.7 Å². The number of carbonyl (C=O) groups is 1. The fraction of sp³-hybridized carbons (Fsp3) is 0.281. The third-order valence-electron chi connectivity index (χ3n) is 8.03. The van der Waals surface area contributed by atoms with E-state index < -0.39 is 11.5 Å². The summed E-state index contributed by atoms with van der Waals surface area (Å²) in [5.41, 5.74) is 8.85. The van der Waals surface area contributed by atoms with Crippen LogP contribution < -0.4 is 16.3 Å². The Morgan fingerprint density at radius 2 is 2.02 bits per heavy atom. The van der Waals surface area contributed by atoms with Crippen molar-refractivity contribution in [2.75, 3.05) is 30.3 Å². The number of nitrogens with zero attached hydrogens (tertiary/aromatic N) is 6. The van der Waals surface area contributed by atoms with Crippen molar-refractivity contribution < 1.29 is 13.6 Å². The number of aryl methyl sites for hydroxylation is 1. The van der Waals surface area contributed by atoms with Crippen molar-refractivity contribution in [3.8, 4) is 16.9 Å². The van der Waals surface area contributed by atoms with Gasteiger partial charge in [0, 0.05) is 48.5 Å². The molecule has 6 rings (SSSR count). The molecule has 0 aliphatic carbocycles. The summed E-state index contributed by atoms with van der Waals surface area (Å²) in [6.45, 7) is 12.7. The van der Waals surface area contributed by atoms with Crippen LogP contribution in [-0.2, 0) is 4.79 Å².